The van der Waals surface area contributed by atoms with Gasteiger partial charge in [0.15, 0.2) is 23.4 Å². The summed E-state index contributed by atoms with van der Waals surface area (Å²) >= 11 is 0. The molecule has 6 nitrogen and oxygen atoms in total. The summed E-state index contributed by atoms with van der Waals surface area (Å²) in [6.45, 7) is 0.573. The first-order chi connectivity index (χ1) is 10.6. The number of ketones is 1. The Balaban J connectivity index is 1.62. The Hall–Kier alpha value is -2.76. The van der Waals surface area contributed by atoms with Crippen molar-refractivity contribution >= 4 is 11.7 Å². The summed E-state index contributed by atoms with van der Waals surface area (Å²) in [7, 11) is 1.55. The van der Waals surface area contributed by atoms with Gasteiger partial charge in [-0.05, 0) is 24.3 Å². The highest BCUT2D eigenvalue weighted by Gasteiger charge is 2.27. The predicted molar refractivity (Wildman–Crippen MR) is 77.0 cm³/mol. The Bertz CT molecular complexity index is 680. The van der Waals surface area contributed by atoms with Crippen LogP contribution in [0, 0.1) is 0 Å². The average Bonchev–Trinajstić information content (AvgIpc) is 3.07. The van der Waals surface area contributed by atoms with Crippen molar-refractivity contribution < 1.29 is 23.5 Å². The molecule has 22 heavy (non-hydrogen) atoms. The monoisotopic (exact) mass is 301 g/mol. The molecule has 0 fully saturated rings. The summed E-state index contributed by atoms with van der Waals surface area (Å²) in [6.07, 6.45) is 1.03. The molecule has 0 unspecified atom stereocenters. The van der Waals surface area contributed by atoms with Crippen molar-refractivity contribution in [2.24, 2.45) is 0 Å². The van der Waals surface area contributed by atoms with Gasteiger partial charge in [-0.15, -0.1) is 0 Å². The number of nitrogens with zero attached hydrogens (tertiary/aromatic N) is 1. The van der Waals surface area contributed by atoms with Gasteiger partial charge in [-0.2, -0.15) is 0 Å². The van der Waals surface area contributed by atoms with Crippen LogP contribution in [0.1, 0.15) is 10.6 Å². The van der Waals surface area contributed by atoms with Crippen molar-refractivity contribution in [3.63, 3.8) is 0 Å². The fourth-order valence-electron chi connectivity index (χ4n) is 2.23. The molecule has 1 aliphatic heterocycles. The minimum atomic E-state index is -0.676. The van der Waals surface area contributed by atoms with Gasteiger partial charge >= 0.3 is 0 Å². The van der Waals surface area contributed by atoms with E-state index in [1.807, 2.05) is 18.2 Å². The Morgan fingerprint density at radius 3 is 2.68 bits per heavy atom. The number of rotatable bonds is 4. The van der Waals surface area contributed by atoms with E-state index in [1.54, 1.807) is 19.2 Å². The Labute approximate surface area is 127 Å². The Morgan fingerprint density at radius 2 is 1.95 bits per heavy atom. The highest BCUT2D eigenvalue weighted by Crippen LogP contribution is 2.30. The fourth-order valence-corrected chi connectivity index (χ4v) is 2.23. The van der Waals surface area contributed by atoms with Gasteiger partial charge in [0.2, 0.25) is 0 Å². The smallest absolute Gasteiger partial charge is 0.298 e. The Morgan fingerprint density at radius 1 is 1.18 bits per heavy atom. The molecular formula is C16H15NO5. The summed E-state index contributed by atoms with van der Waals surface area (Å²) in [5.41, 5.74) is 0. The summed E-state index contributed by atoms with van der Waals surface area (Å²) in [6, 6.07) is 10.4. The van der Waals surface area contributed by atoms with E-state index in [4.69, 9.17) is 13.9 Å². The maximum Gasteiger partial charge on any atom is 0.298 e. The van der Waals surface area contributed by atoms with Crippen LogP contribution in [0.2, 0.25) is 0 Å². The first-order valence-corrected chi connectivity index (χ1v) is 6.87. The van der Waals surface area contributed by atoms with Crippen LogP contribution >= 0.6 is 0 Å². The SMILES string of the molecule is CN(C[C@@H]1COc2ccccc2O1)C(=O)C(=O)c1ccco1. The second-order valence-corrected chi connectivity index (χ2v) is 4.99. The zero-order valence-electron chi connectivity index (χ0n) is 12.0. The summed E-state index contributed by atoms with van der Waals surface area (Å²) < 4.78 is 16.3. The van der Waals surface area contributed by atoms with Crippen LogP contribution in [0.25, 0.3) is 0 Å². The largest absolute Gasteiger partial charge is 0.486 e. The van der Waals surface area contributed by atoms with Gasteiger partial charge < -0.3 is 18.8 Å². The van der Waals surface area contributed by atoms with E-state index in [2.05, 4.69) is 0 Å². The summed E-state index contributed by atoms with van der Waals surface area (Å²) in [5.74, 6) is 0.0291. The lowest BCUT2D eigenvalue weighted by molar-refractivity contribution is -0.126. The number of likely N-dealkylation sites (N-methyl/N-ethyl adjacent to an activating group) is 1. The molecule has 0 bridgehead atoms. The topological polar surface area (TPSA) is 69.0 Å². The van der Waals surface area contributed by atoms with Gasteiger partial charge in [-0.25, -0.2) is 0 Å². The number of amides is 1. The van der Waals surface area contributed by atoms with Crippen molar-refractivity contribution in [3.05, 3.63) is 48.4 Å². The molecule has 2 aromatic rings. The molecule has 0 spiro atoms. The maximum absolute atomic E-state index is 12.1. The normalized spacial score (nSPS) is 16.1. The van der Waals surface area contributed by atoms with Gasteiger partial charge in [0, 0.05) is 7.05 Å². The minimum Gasteiger partial charge on any atom is -0.486 e. The van der Waals surface area contributed by atoms with Crippen LogP contribution < -0.4 is 9.47 Å². The van der Waals surface area contributed by atoms with Crippen molar-refractivity contribution in [2.75, 3.05) is 20.2 Å². The van der Waals surface area contributed by atoms with E-state index in [1.165, 1.54) is 17.2 Å². The van der Waals surface area contributed by atoms with Crippen molar-refractivity contribution in [1.82, 2.24) is 4.90 Å². The standard InChI is InChI=1S/C16H15NO5/c1-17(16(19)15(18)14-7-4-8-20-14)9-11-10-21-12-5-2-3-6-13(12)22-11/h2-8,11H,9-10H2,1H3/t11-/m1/s1. The predicted octanol–water partition coefficient (Wildman–Crippen LogP) is 1.76. The van der Waals surface area contributed by atoms with Crippen molar-refractivity contribution in [3.8, 4) is 11.5 Å². The van der Waals surface area contributed by atoms with E-state index < -0.39 is 11.7 Å². The van der Waals surface area contributed by atoms with E-state index >= 15 is 0 Å². The van der Waals surface area contributed by atoms with Crippen LogP contribution in [-0.2, 0) is 4.79 Å². The second kappa shape index (κ2) is 5.93. The average molecular weight is 301 g/mol. The number of furan rings is 1. The third-order valence-electron chi connectivity index (χ3n) is 3.33. The van der Waals surface area contributed by atoms with E-state index in [9.17, 15) is 9.59 Å². The van der Waals surface area contributed by atoms with Crippen LogP contribution in [0.4, 0.5) is 0 Å². The molecule has 2 heterocycles. The fraction of sp³-hybridized carbons (Fsp3) is 0.250. The molecular weight excluding hydrogens is 286 g/mol. The highest BCUT2D eigenvalue weighted by molar-refractivity contribution is 6.41. The molecule has 114 valence electrons. The lowest BCUT2D eigenvalue weighted by atomic mass is 10.2. The zero-order valence-corrected chi connectivity index (χ0v) is 12.0. The number of carbonyl (C=O) groups is 2. The molecule has 1 aromatic carbocycles. The molecule has 0 saturated carbocycles. The lowest BCUT2D eigenvalue weighted by Crippen LogP contribution is -2.43. The molecule has 0 saturated heterocycles. The summed E-state index contributed by atoms with van der Waals surface area (Å²) in [5, 5.41) is 0. The maximum atomic E-state index is 12.1. The third-order valence-corrected chi connectivity index (χ3v) is 3.33. The van der Waals surface area contributed by atoms with Crippen LogP contribution in [0.5, 0.6) is 11.5 Å². The van der Waals surface area contributed by atoms with Crippen LogP contribution in [-0.4, -0.2) is 42.9 Å². The number of carbonyl (C=O) groups excluding carboxylic acids is 2. The zero-order chi connectivity index (χ0) is 15.5. The van der Waals surface area contributed by atoms with Gasteiger partial charge in [-0.1, -0.05) is 12.1 Å². The number of hydrogen-bond donors (Lipinski definition) is 0. The Kier molecular flexibility index (Phi) is 3.82. The first kappa shape index (κ1) is 14.2. The lowest BCUT2D eigenvalue weighted by Gasteiger charge is -2.29. The molecule has 1 aromatic heterocycles. The molecule has 1 amide bonds. The van der Waals surface area contributed by atoms with Gasteiger partial charge in [-0.3, -0.25) is 9.59 Å². The number of ether oxygens (including phenoxy) is 2. The quantitative estimate of drug-likeness (QED) is 0.636. The van der Waals surface area contributed by atoms with Crippen molar-refractivity contribution in [2.45, 2.75) is 6.10 Å². The molecule has 0 radical (unpaired) electrons. The first-order valence-electron chi connectivity index (χ1n) is 6.87. The van der Waals surface area contributed by atoms with Crippen LogP contribution in [0.3, 0.4) is 0 Å². The molecule has 6 heteroatoms. The molecule has 1 atom stereocenters. The molecule has 1 aliphatic rings. The molecule has 3 rings (SSSR count). The number of benzene rings is 1. The van der Waals surface area contributed by atoms with Gasteiger partial charge in [0.1, 0.15) is 6.61 Å². The number of Topliss-reactive ketones (excluding diaryl/α,β-unsaturated/α-hetero) is 1. The highest BCUT2D eigenvalue weighted by atomic mass is 16.6. The van der Waals surface area contributed by atoms with E-state index in [0.29, 0.717) is 18.1 Å². The third kappa shape index (κ3) is 2.81. The minimum absolute atomic E-state index is 0.0306. The molecule has 0 N–H and O–H groups in total. The number of fused-ring (bicyclic) bond motifs is 1. The van der Waals surface area contributed by atoms with Gasteiger partial charge in [0.05, 0.1) is 12.8 Å². The molecule has 0 aliphatic carbocycles. The summed E-state index contributed by atoms with van der Waals surface area (Å²) in [4.78, 5) is 25.3. The van der Waals surface area contributed by atoms with Crippen molar-refractivity contribution in [1.29, 1.82) is 0 Å². The van der Waals surface area contributed by atoms with Gasteiger partial charge in [0.25, 0.3) is 11.7 Å². The second-order valence-electron chi connectivity index (χ2n) is 4.99. The van der Waals surface area contributed by atoms with E-state index in [-0.39, 0.29) is 18.4 Å². The van der Waals surface area contributed by atoms with E-state index in [0.717, 1.165) is 0 Å². The van der Waals surface area contributed by atoms with Crippen LogP contribution in [0.15, 0.2) is 47.1 Å². The number of para-hydroxylation sites is 2. The number of hydrogen-bond acceptors (Lipinski definition) is 5.